The average Bonchev–Trinajstić information content (AvgIpc) is 3.13. The summed E-state index contributed by atoms with van der Waals surface area (Å²) in [5.74, 6) is 1.13. The van der Waals surface area contributed by atoms with E-state index in [1.165, 1.54) is 16.9 Å². The number of hydrogen-bond acceptors (Lipinski definition) is 5. The Hall–Kier alpha value is -2.86. The minimum Gasteiger partial charge on any atom is -0.490 e. The molecule has 1 aromatic heterocycles. The van der Waals surface area contributed by atoms with Crippen LogP contribution in [0, 0.1) is 0 Å². The molecule has 0 amide bonds. The van der Waals surface area contributed by atoms with Crippen LogP contribution in [0.15, 0.2) is 53.9 Å². The number of aliphatic carboxylic acids is 1. The molecule has 0 bridgehead atoms. The van der Waals surface area contributed by atoms with Gasteiger partial charge in [-0.2, -0.15) is 0 Å². The summed E-state index contributed by atoms with van der Waals surface area (Å²) in [6.45, 7) is 5.15. The van der Waals surface area contributed by atoms with E-state index in [-0.39, 0.29) is 6.42 Å². The molecule has 3 rings (SSSR count). The van der Waals surface area contributed by atoms with E-state index < -0.39 is 5.97 Å². The third kappa shape index (κ3) is 5.33. The number of carboxylic acid groups (broad SMARTS) is 1. The molecule has 0 aliphatic heterocycles. The molecule has 0 aliphatic rings. The highest BCUT2D eigenvalue weighted by Crippen LogP contribution is 2.32. The molecule has 5 nitrogen and oxygen atoms in total. The fourth-order valence-electron chi connectivity index (χ4n) is 2.70. The molecule has 28 heavy (non-hydrogen) atoms. The largest absolute Gasteiger partial charge is 0.490 e. The van der Waals surface area contributed by atoms with Crippen LogP contribution < -0.4 is 9.47 Å². The molecule has 0 spiro atoms. The van der Waals surface area contributed by atoms with E-state index in [1.807, 2.05) is 36.4 Å². The number of rotatable bonds is 9. The Kier molecular flexibility index (Phi) is 6.66. The number of nitrogens with zero attached hydrogens (tertiary/aromatic N) is 1. The number of ether oxygens (including phenoxy) is 2. The first-order chi connectivity index (χ1) is 13.5. The first-order valence-electron chi connectivity index (χ1n) is 9.14. The highest BCUT2D eigenvalue weighted by atomic mass is 32.1. The normalized spacial score (nSPS) is 10.8. The molecule has 6 heteroatoms. The van der Waals surface area contributed by atoms with E-state index in [4.69, 9.17) is 14.6 Å². The molecule has 0 atom stereocenters. The van der Waals surface area contributed by atoms with Gasteiger partial charge in [-0.25, -0.2) is 4.98 Å². The van der Waals surface area contributed by atoms with Crippen LogP contribution in [0.5, 0.6) is 11.5 Å². The maximum Gasteiger partial charge on any atom is 0.309 e. The minimum atomic E-state index is -0.889. The van der Waals surface area contributed by atoms with Crippen molar-refractivity contribution in [2.45, 2.75) is 26.2 Å². The Labute approximate surface area is 168 Å². The monoisotopic (exact) mass is 397 g/mol. The molecule has 2 aromatic carbocycles. The van der Waals surface area contributed by atoms with Crippen LogP contribution in [-0.2, 0) is 11.2 Å². The molecule has 3 aromatic rings. The van der Waals surface area contributed by atoms with Gasteiger partial charge >= 0.3 is 5.97 Å². The molecule has 0 unspecified atom stereocenters. The number of hydrogen-bond donors (Lipinski definition) is 1. The predicted octanol–water partition coefficient (Wildman–Crippen LogP) is 5.02. The average molecular weight is 397 g/mol. The summed E-state index contributed by atoms with van der Waals surface area (Å²) in [5, 5.41) is 11.4. The van der Waals surface area contributed by atoms with Crippen molar-refractivity contribution >= 4 is 17.3 Å². The zero-order chi connectivity index (χ0) is 19.9. The van der Waals surface area contributed by atoms with Gasteiger partial charge in [0.15, 0.2) is 0 Å². The van der Waals surface area contributed by atoms with Gasteiger partial charge in [-0.3, -0.25) is 4.79 Å². The van der Waals surface area contributed by atoms with E-state index in [0.29, 0.717) is 30.6 Å². The van der Waals surface area contributed by atoms with Gasteiger partial charge in [0, 0.05) is 5.38 Å². The Morgan fingerprint density at radius 3 is 2.50 bits per heavy atom. The second-order valence-corrected chi connectivity index (χ2v) is 7.49. The Morgan fingerprint density at radius 2 is 1.79 bits per heavy atom. The summed E-state index contributed by atoms with van der Waals surface area (Å²) in [6, 6.07) is 15.7. The molecule has 0 radical (unpaired) electrons. The number of thiazole rings is 1. The second-order valence-electron chi connectivity index (χ2n) is 6.63. The maximum atomic E-state index is 10.9. The van der Waals surface area contributed by atoms with Crippen LogP contribution in [0.4, 0.5) is 0 Å². The van der Waals surface area contributed by atoms with Crippen molar-refractivity contribution in [3.05, 3.63) is 65.2 Å². The van der Waals surface area contributed by atoms with Crippen molar-refractivity contribution in [1.29, 1.82) is 0 Å². The summed E-state index contributed by atoms with van der Waals surface area (Å²) < 4.78 is 11.6. The van der Waals surface area contributed by atoms with Gasteiger partial charge in [0.25, 0.3) is 0 Å². The van der Waals surface area contributed by atoms with Crippen LogP contribution in [0.3, 0.4) is 0 Å². The van der Waals surface area contributed by atoms with Crippen molar-refractivity contribution in [2.75, 3.05) is 13.2 Å². The predicted molar refractivity (Wildman–Crippen MR) is 110 cm³/mol. The molecular weight excluding hydrogens is 374 g/mol. The highest BCUT2D eigenvalue weighted by molar-refractivity contribution is 7.13. The van der Waals surface area contributed by atoms with Crippen molar-refractivity contribution in [2.24, 2.45) is 0 Å². The van der Waals surface area contributed by atoms with E-state index in [9.17, 15) is 4.79 Å². The van der Waals surface area contributed by atoms with E-state index in [0.717, 1.165) is 16.3 Å². The lowest BCUT2D eigenvalue weighted by atomic mass is 10.0. The summed E-state index contributed by atoms with van der Waals surface area (Å²) in [5.41, 5.74) is 2.68. The summed E-state index contributed by atoms with van der Waals surface area (Å²) >= 11 is 1.41. The smallest absolute Gasteiger partial charge is 0.309 e. The van der Waals surface area contributed by atoms with Crippen LogP contribution in [0.2, 0.25) is 0 Å². The first kappa shape index (κ1) is 19.9. The number of carboxylic acids is 1. The van der Waals surface area contributed by atoms with E-state index >= 15 is 0 Å². The van der Waals surface area contributed by atoms with Gasteiger partial charge in [-0.15, -0.1) is 11.3 Å². The zero-order valence-electron chi connectivity index (χ0n) is 15.9. The van der Waals surface area contributed by atoms with Crippen molar-refractivity contribution < 1.29 is 19.4 Å². The third-order valence-corrected chi connectivity index (χ3v) is 5.08. The summed E-state index contributed by atoms with van der Waals surface area (Å²) in [4.78, 5) is 15.3. The summed E-state index contributed by atoms with van der Waals surface area (Å²) in [6.07, 6.45) is -0.0804. The van der Waals surface area contributed by atoms with Gasteiger partial charge in [0.2, 0.25) is 0 Å². The van der Waals surface area contributed by atoms with Crippen molar-refractivity contribution in [3.63, 3.8) is 0 Å². The molecule has 1 N–H and O–H groups in total. The third-order valence-electron chi connectivity index (χ3n) is 4.16. The number of aromatic nitrogens is 1. The molecule has 0 saturated carbocycles. The van der Waals surface area contributed by atoms with Gasteiger partial charge in [0.1, 0.15) is 29.7 Å². The van der Waals surface area contributed by atoms with Crippen molar-refractivity contribution in [1.82, 2.24) is 4.98 Å². The van der Waals surface area contributed by atoms with Gasteiger partial charge in [0.05, 0.1) is 17.7 Å². The molecule has 0 fully saturated rings. The van der Waals surface area contributed by atoms with Gasteiger partial charge in [-0.1, -0.05) is 38.1 Å². The maximum absolute atomic E-state index is 10.9. The molecule has 0 aliphatic carbocycles. The SMILES string of the molecule is CC(C)c1ccc(OCCOc2ccccc2-c2nc(CC(=O)O)cs2)cc1. The van der Waals surface area contributed by atoms with E-state index in [2.05, 4.69) is 31.0 Å². The Balaban J connectivity index is 1.58. The van der Waals surface area contributed by atoms with Crippen LogP contribution in [0.1, 0.15) is 31.0 Å². The number of carbonyl (C=O) groups is 1. The lowest BCUT2D eigenvalue weighted by Gasteiger charge is -2.12. The quantitative estimate of drug-likeness (QED) is 0.514. The lowest BCUT2D eigenvalue weighted by Crippen LogP contribution is -2.09. The number of para-hydroxylation sites is 1. The Morgan fingerprint density at radius 1 is 1.07 bits per heavy atom. The topological polar surface area (TPSA) is 68.7 Å². The van der Waals surface area contributed by atoms with Gasteiger partial charge in [-0.05, 0) is 35.7 Å². The van der Waals surface area contributed by atoms with Crippen molar-refractivity contribution in [3.8, 4) is 22.1 Å². The van der Waals surface area contributed by atoms with E-state index in [1.54, 1.807) is 5.38 Å². The molecule has 146 valence electrons. The molecular formula is C22H23NO4S. The van der Waals surface area contributed by atoms with Crippen LogP contribution >= 0.6 is 11.3 Å². The molecule has 0 saturated heterocycles. The standard InChI is InChI=1S/C22H23NO4S/c1-15(2)16-7-9-18(10-8-16)26-11-12-27-20-6-4-3-5-19(20)22-23-17(14-28-22)13-21(24)25/h3-10,14-15H,11-13H2,1-2H3,(H,24,25). The fourth-order valence-corrected chi connectivity index (χ4v) is 3.55. The summed E-state index contributed by atoms with van der Waals surface area (Å²) in [7, 11) is 0. The Bertz CT molecular complexity index is 918. The fraction of sp³-hybridized carbons (Fsp3) is 0.273. The minimum absolute atomic E-state index is 0.0804. The van der Waals surface area contributed by atoms with Crippen LogP contribution in [0.25, 0.3) is 10.6 Å². The number of benzene rings is 2. The second kappa shape index (κ2) is 9.37. The first-order valence-corrected chi connectivity index (χ1v) is 10.0. The lowest BCUT2D eigenvalue weighted by molar-refractivity contribution is -0.136. The zero-order valence-corrected chi connectivity index (χ0v) is 16.7. The highest BCUT2D eigenvalue weighted by Gasteiger charge is 2.12. The molecule has 1 heterocycles. The van der Waals surface area contributed by atoms with Crippen LogP contribution in [-0.4, -0.2) is 29.3 Å². The van der Waals surface area contributed by atoms with Gasteiger partial charge < -0.3 is 14.6 Å².